The van der Waals surface area contributed by atoms with E-state index in [-0.39, 0.29) is 5.56 Å². The van der Waals surface area contributed by atoms with Crippen LogP contribution in [-0.4, -0.2) is 39.6 Å². The maximum atomic E-state index is 11.3. The zero-order chi connectivity index (χ0) is 18.4. The number of carbonyl (C=O) groups is 1. The molecule has 3 aromatic rings. The van der Waals surface area contributed by atoms with Crippen molar-refractivity contribution in [1.82, 2.24) is 15.0 Å². The molecule has 2 heterocycles. The van der Waals surface area contributed by atoms with E-state index in [1.54, 1.807) is 48.9 Å². The number of aromatic nitrogens is 3. The number of para-hydroxylation sites is 1. The van der Waals surface area contributed by atoms with Crippen LogP contribution in [0.5, 0.6) is 0 Å². The number of carboxylic acids is 1. The first-order chi connectivity index (χ1) is 12.6. The second kappa shape index (κ2) is 8.06. The molecule has 3 rings (SSSR count). The molecule has 0 aliphatic heterocycles. The van der Waals surface area contributed by atoms with Gasteiger partial charge in [0.1, 0.15) is 5.82 Å². The lowest BCUT2D eigenvalue weighted by molar-refractivity contribution is 0.0698. The molecule has 7 nitrogen and oxygen atoms in total. The van der Waals surface area contributed by atoms with Gasteiger partial charge in [0, 0.05) is 32.2 Å². The molecule has 0 aliphatic rings. The van der Waals surface area contributed by atoms with E-state index in [2.05, 4.69) is 20.3 Å². The third-order valence-corrected chi connectivity index (χ3v) is 3.89. The average molecular weight is 349 g/mol. The summed E-state index contributed by atoms with van der Waals surface area (Å²) in [6, 6.07) is 12.4. The molecule has 0 spiro atoms. The van der Waals surface area contributed by atoms with Crippen molar-refractivity contribution in [1.29, 1.82) is 0 Å². The molecule has 0 saturated heterocycles. The van der Waals surface area contributed by atoms with Crippen molar-refractivity contribution in [3.8, 4) is 0 Å². The molecule has 0 bridgehead atoms. The van der Waals surface area contributed by atoms with Gasteiger partial charge in [0.25, 0.3) is 0 Å². The van der Waals surface area contributed by atoms with Crippen LogP contribution in [0.2, 0.25) is 0 Å². The Bertz CT molecular complexity index is 886. The lowest BCUT2D eigenvalue weighted by Gasteiger charge is -2.18. The van der Waals surface area contributed by atoms with E-state index in [0.29, 0.717) is 17.5 Å². The Kier molecular flexibility index (Phi) is 5.38. The standard InChI is InChI=1S/C19H19N5O2/c1-24(13-9-14-6-10-20-11-7-14)19-21-12-8-17(23-19)22-16-5-3-2-4-15(16)18(25)26/h2-8,10-12H,9,13H2,1H3,(H,25,26)(H,21,22,23). The van der Waals surface area contributed by atoms with E-state index in [1.807, 2.05) is 24.1 Å². The summed E-state index contributed by atoms with van der Waals surface area (Å²) >= 11 is 0. The summed E-state index contributed by atoms with van der Waals surface area (Å²) in [5.74, 6) is 0.119. The van der Waals surface area contributed by atoms with Crippen molar-refractivity contribution in [3.05, 3.63) is 72.2 Å². The van der Waals surface area contributed by atoms with E-state index in [9.17, 15) is 9.90 Å². The first-order valence-corrected chi connectivity index (χ1v) is 8.16. The third kappa shape index (κ3) is 4.32. The summed E-state index contributed by atoms with van der Waals surface area (Å²) in [6.45, 7) is 0.749. The molecule has 132 valence electrons. The van der Waals surface area contributed by atoms with Gasteiger partial charge in [-0.15, -0.1) is 0 Å². The smallest absolute Gasteiger partial charge is 0.337 e. The van der Waals surface area contributed by atoms with Gasteiger partial charge in [0.15, 0.2) is 0 Å². The fourth-order valence-corrected chi connectivity index (χ4v) is 2.46. The second-order valence-corrected chi connectivity index (χ2v) is 5.74. The maximum absolute atomic E-state index is 11.3. The Balaban J connectivity index is 1.71. The molecule has 7 heteroatoms. The van der Waals surface area contributed by atoms with Crippen molar-refractivity contribution < 1.29 is 9.90 Å². The Labute approximate surface area is 151 Å². The SMILES string of the molecule is CN(CCc1ccncc1)c1nccc(Nc2ccccc2C(=O)O)n1. The van der Waals surface area contributed by atoms with Crippen molar-refractivity contribution in [3.63, 3.8) is 0 Å². The number of hydrogen-bond donors (Lipinski definition) is 2. The Morgan fingerprint density at radius 1 is 1.12 bits per heavy atom. The van der Waals surface area contributed by atoms with Gasteiger partial charge in [-0.05, 0) is 42.3 Å². The van der Waals surface area contributed by atoms with Gasteiger partial charge >= 0.3 is 5.97 Å². The lowest BCUT2D eigenvalue weighted by atomic mass is 10.2. The minimum absolute atomic E-state index is 0.193. The van der Waals surface area contributed by atoms with E-state index >= 15 is 0 Å². The van der Waals surface area contributed by atoms with Crippen LogP contribution in [0.1, 0.15) is 15.9 Å². The summed E-state index contributed by atoms with van der Waals surface area (Å²) < 4.78 is 0. The monoisotopic (exact) mass is 349 g/mol. The van der Waals surface area contributed by atoms with E-state index in [0.717, 1.165) is 13.0 Å². The van der Waals surface area contributed by atoms with Gasteiger partial charge in [0.2, 0.25) is 5.95 Å². The van der Waals surface area contributed by atoms with Crippen molar-refractivity contribution in [2.24, 2.45) is 0 Å². The third-order valence-electron chi connectivity index (χ3n) is 3.89. The molecular weight excluding hydrogens is 330 g/mol. The molecule has 0 amide bonds. The largest absolute Gasteiger partial charge is 0.478 e. The number of pyridine rings is 1. The Morgan fingerprint density at radius 2 is 1.88 bits per heavy atom. The zero-order valence-electron chi connectivity index (χ0n) is 14.3. The highest BCUT2D eigenvalue weighted by Crippen LogP contribution is 2.20. The fraction of sp³-hybridized carbons (Fsp3) is 0.158. The van der Waals surface area contributed by atoms with Crippen LogP contribution in [0.4, 0.5) is 17.5 Å². The van der Waals surface area contributed by atoms with Crippen LogP contribution >= 0.6 is 0 Å². The lowest BCUT2D eigenvalue weighted by Crippen LogP contribution is -2.22. The molecule has 0 unspecified atom stereocenters. The van der Waals surface area contributed by atoms with Gasteiger partial charge in [-0.2, -0.15) is 4.98 Å². The van der Waals surface area contributed by atoms with Crippen LogP contribution in [0.3, 0.4) is 0 Å². The summed E-state index contributed by atoms with van der Waals surface area (Å²) in [6.07, 6.45) is 6.05. The molecule has 2 N–H and O–H groups in total. The number of nitrogens with one attached hydrogen (secondary N) is 1. The van der Waals surface area contributed by atoms with Gasteiger partial charge in [-0.3, -0.25) is 4.98 Å². The molecule has 26 heavy (non-hydrogen) atoms. The van der Waals surface area contributed by atoms with Gasteiger partial charge in [-0.25, -0.2) is 9.78 Å². The van der Waals surface area contributed by atoms with Crippen molar-refractivity contribution >= 4 is 23.4 Å². The maximum Gasteiger partial charge on any atom is 0.337 e. The normalized spacial score (nSPS) is 10.3. The highest BCUT2D eigenvalue weighted by atomic mass is 16.4. The van der Waals surface area contributed by atoms with Crippen LogP contribution in [0, 0.1) is 0 Å². The topological polar surface area (TPSA) is 91.2 Å². The molecule has 0 aliphatic carbocycles. The summed E-state index contributed by atoms with van der Waals surface area (Å²) in [4.78, 5) is 26.1. The van der Waals surface area contributed by atoms with Crippen molar-refractivity contribution in [2.75, 3.05) is 23.8 Å². The van der Waals surface area contributed by atoms with Crippen LogP contribution < -0.4 is 10.2 Å². The van der Waals surface area contributed by atoms with Crippen LogP contribution in [-0.2, 0) is 6.42 Å². The molecule has 0 atom stereocenters. The van der Waals surface area contributed by atoms with Gasteiger partial charge in [0.05, 0.1) is 11.3 Å². The minimum Gasteiger partial charge on any atom is -0.478 e. The number of aromatic carboxylic acids is 1. The van der Waals surface area contributed by atoms with E-state index in [1.165, 1.54) is 5.56 Å². The first-order valence-electron chi connectivity index (χ1n) is 8.16. The summed E-state index contributed by atoms with van der Waals surface area (Å²) in [5.41, 5.74) is 1.87. The molecule has 1 aromatic carbocycles. The molecule has 0 fully saturated rings. The van der Waals surface area contributed by atoms with Crippen LogP contribution in [0.15, 0.2) is 61.1 Å². The number of hydrogen-bond acceptors (Lipinski definition) is 6. The summed E-state index contributed by atoms with van der Waals surface area (Å²) in [7, 11) is 1.92. The van der Waals surface area contributed by atoms with E-state index < -0.39 is 5.97 Å². The highest BCUT2D eigenvalue weighted by molar-refractivity contribution is 5.94. The van der Waals surface area contributed by atoms with Gasteiger partial charge in [-0.1, -0.05) is 12.1 Å². The zero-order valence-corrected chi connectivity index (χ0v) is 14.3. The molecule has 2 aromatic heterocycles. The number of likely N-dealkylation sites (N-methyl/N-ethyl adjacent to an activating group) is 1. The summed E-state index contributed by atoms with van der Waals surface area (Å²) in [5, 5.41) is 12.3. The highest BCUT2D eigenvalue weighted by Gasteiger charge is 2.11. The van der Waals surface area contributed by atoms with Crippen molar-refractivity contribution in [2.45, 2.75) is 6.42 Å². The van der Waals surface area contributed by atoms with Gasteiger partial charge < -0.3 is 15.3 Å². The fourth-order valence-electron chi connectivity index (χ4n) is 2.46. The Hall–Kier alpha value is -3.48. The predicted octanol–water partition coefficient (Wildman–Crippen LogP) is 2.99. The number of nitrogens with zero attached hydrogens (tertiary/aromatic N) is 4. The van der Waals surface area contributed by atoms with Crippen LogP contribution in [0.25, 0.3) is 0 Å². The number of carboxylic acid groups (broad SMARTS) is 1. The quantitative estimate of drug-likeness (QED) is 0.677. The number of benzene rings is 1. The average Bonchev–Trinajstić information content (AvgIpc) is 2.67. The molecule has 0 radical (unpaired) electrons. The molecule has 0 saturated carbocycles. The first kappa shape index (κ1) is 17.3. The number of anilines is 3. The minimum atomic E-state index is -0.989. The predicted molar refractivity (Wildman–Crippen MR) is 99.9 cm³/mol. The Morgan fingerprint density at radius 3 is 2.65 bits per heavy atom. The molecular formula is C19H19N5O2. The number of rotatable bonds is 7. The van der Waals surface area contributed by atoms with E-state index in [4.69, 9.17) is 0 Å². The second-order valence-electron chi connectivity index (χ2n) is 5.74.